The van der Waals surface area contributed by atoms with Crippen LogP contribution in [0.15, 0.2) is 249 Å². The fourth-order valence-corrected chi connectivity index (χ4v) is 12.0. The SMILES string of the molecule is c1ccc(C2(c3ccc(N(c4ccc5c(c4)sc4ccccc45)c4cccc(-c5ccc6ccccc6c5)c4-c4ccc5ccccc5c4)cc3)c3ccccc3-c3ccccc32)cc1. The van der Waals surface area contributed by atoms with Gasteiger partial charge in [-0.05, 0) is 120 Å². The molecule has 0 atom stereocenters. The van der Waals surface area contributed by atoms with Crippen LogP contribution < -0.4 is 4.90 Å². The summed E-state index contributed by atoms with van der Waals surface area (Å²) in [7, 11) is 0. The van der Waals surface area contributed by atoms with Crippen LogP contribution in [0.3, 0.4) is 0 Å². The molecule has 0 saturated heterocycles. The van der Waals surface area contributed by atoms with Crippen molar-refractivity contribution in [2.75, 3.05) is 4.90 Å². The molecule has 2 heteroatoms. The predicted molar refractivity (Wildman–Crippen MR) is 277 cm³/mol. The Morgan fingerprint density at radius 1 is 0.323 bits per heavy atom. The van der Waals surface area contributed by atoms with Crippen molar-refractivity contribution < 1.29 is 0 Å². The average Bonchev–Trinajstić information content (AvgIpc) is 3.90. The first kappa shape index (κ1) is 37.5. The second kappa shape index (κ2) is 15.1. The molecular weight excluding hydrogens is 803 g/mol. The van der Waals surface area contributed by atoms with E-state index in [2.05, 4.69) is 254 Å². The van der Waals surface area contributed by atoms with Crippen LogP contribution in [-0.4, -0.2) is 0 Å². The van der Waals surface area contributed by atoms with Gasteiger partial charge in [-0.1, -0.05) is 200 Å². The molecule has 1 aromatic heterocycles. The first-order chi connectivity index (χ1) is 32.2. The number of hydrogen-bond donors (Lipinski definition) is 0. The van der Waals surface area contributed by atoms with Crippen molar-refractivity contribution in [3.63, 3.8) is 0 Å². The summed E-state index contributed by atoms with van der Waals surface area (Å²) >= 11 is 1.86. The lowest BCUT2D eigenvalue weighted by Crippen LogP contribution is -2.28. The minimum Gasteiger partial charge on any atom is -0.310 e. The topological polar surface area (TPSA) is 3.24 Å². The van der Waals surface area contributed by atoms with Gasteiger partial charge in [0.2, 0.25) is 0 Å². The van der Waals surface area contributed by atoms with Gasteiger partial charge in [-0.25, -0.2) is 0 Å². The third-order valence-electron chi connectivity index (χ3n) is 13.7. The molecular formula is C63H41NS. The Bertz CT molecular complexity index is 3740. The van der Waals surface area contributed by atoms with Crippen molar-refractivity contribution in [3.05, 3.63) is 271 Å². The average molecular weight is 844 g/mol. The van der Waals surface area contributed by atoms with Gasteiger partial charge in [-0.15, -0.1) is 11.3 Å². The van der Waals surface area contributed by atoms with Crippen LogP contribution in [-0.2, 0) is 5.41 Å². The normalized spacial score (nSPS) is 12.7. The lowest BCUT2D eigenvalue weighted by atomic mass is 9.68. The lowest BCUT2D eigenvalue weighted by Gasteiger charge is -2.35. The highest BCUT2D eigenvalue weighted by Crippen LogP contribution is 2.56. The lowest BCUT2D eigenvalue weighted by molar-refractivity contribution is 0.768. The second-order valence-corrected chi connectivity index (χ2v) is 18.3. The molecule has 1 heterocycles. The van der Waals surface area contributed by atoms with Crippen LogP contribution >= 0.6 is 11.3 Å². The molecule has 0 saturated carbocycles. The van der Waals surface area contributed by atoms with E-state index in [9.17, 15) is 0 Å². The fraction of sp³-hybridized carbons (Fsp3) is 0.0159. The Morgan fingerprint density at radius 2 is 0.862 bits per heavy atom. The van der Waals surface area contributed by atoms with Crippen molar-refractivity contribution in [1.82, 2.24) is 0 Å². The summed E-state index contributed by atoms with van der Waals surface area (Å²) in [5.41, 5.74) is 15.3. The van der Waals surface area contributed by atoms with E-state index in [4.69, 9.17) is 0 Å². The summed E-state index contributed by atoms with van der Waals surface area (Å²) in [5.74, 6) is 0. The number of hydrogen-bond acceptors (Lipinski definition) is 2. The van der Waals surface area contributed by atoms with Gasteiger partial charge in [-0.3, -0.25) is 0 Å². The van der Waals surface area contributed by atoms with Gasteiger partial charge in [0, 0.05) is 37.1 Å². The molecule has 1 nitrogen and oxygen atoms in total. The van der Waals surface area contributed by atoms with Crippen molar-refractivity contribution in [1.29, 1.82) is 0 Å². The zero-order valence-corrected chi connectivity index (χ0v) is 36.3. The summed E-state index contributed by atoms with van der Waals surface area (Å²) in [6.45, 7) is 0. The first-order valence-corrected chi connectivity index (χ1v) is 23.2. The van der Waals surface area contributed by atoms with E-state index >= 15 is 0 Å². The molecule has 0 bridgehead atoms. The molecule has 11 aromatic carbocycles. The summed E-state index contributed by atoms with van der Waals surface area (Å²) < 4.78 is 2.57. The van der Waals surface area contributed by atoms with E-state index in [0.29, 0.717) is 0 Å². The standard InChI is InChI=1S/C63H41NS/c1-2-19-48(20-3-1)63(57-25-11-8-21-53(57)54-22-9-12-26-58(54)63)49-33-35-50(36-34-49)64(51-37-38-56-55-23-10-13-28-60(55)65-61(56)41-51)59-27-14-24-52(46-31-29-42-15-4-6-17-44(42)39-46)62(59)47-32-30-43-16-5-7-18-45(43)40-47/h1-41H. The zero-order valence-electron chi connectivity index (χ0n) is 35.5. The number of rotatable bonds is 7. The molecule has 65 heavy (non-hydrogen) atoms. The van der Waals surface area contributed by atoms with Gasteiger partial charge in [-0.2, -0.15) is 0 Å². The van der Waals surface area contributed by atoms with Gasteiger partial charge >= 0.3 is 0 Å². The summed E-state index contributed by atoms with van der Waals surface area (Å²) in [6.07, 6.45) is 0. The van der Waals surface area contributed by atoms with Crippen LogP contribution in [0.25, 0.3) is 75.1 Å². The quantitative estimate of drug-likeness (QED) is 0.154. The molecule has 13 rings (SSSR count). The molecule has 12 aromatic rings. The monoisotopic (exact) mass is 843 g/mol. The van der Waals surface area contributed by atoms with Crippen LogP contribution in [0.1, 0.15) is 22.3 Å². The number of thiophene rings is 1. The van der Waals surface area contributed by atoms with E-state index in [-0.39, 0.29) is 0 Å². The third kappa shape index (κ3) is 5.92. The Morgan fingerprint density at radius 3 is 1.58 bits per heavy atom. The Kier molecular flexibility index (Phi) is 8.69. The summed E-state index contributed by atoms with van der Waals surface area (Å²) in [4.78, 5) is 2.49. The molecule has 304 valence electrons. The van der Waals surface area contributed by atoms with Gasteiger partial charge in [0.1, 0.15) is 0 Å². The second-order valence-electron chi connectivity index (χ2n) is 17.2. The highest BCUT2D eigenvalue weighted by Gasteiger charge is 2.45. The third-order valence-corrected chi connectivity index (χ3v) is 14.9. The van der Waals surface area contributed by atoms with Crippen molar-refractivity contribution >= 4 is 70.1 Å². The van der Waals surface area contributed by atoms with E-state index in [0.717, 1.165) is 17.1 Å². The largest absolute Gasteiger partial charge is 0.310 e. The smallest absolute Gasteiger partial charge is 0.0713 e. The van der Waals surface area contributed by atoms with Gasteiger partial charge in [0.25, 0.3) is 0 Å². The molecule has 0 fully saturated rings. The van der Waals surface area contributed by atoms with Gasteiger partial charge in [0.05, 0.1) is 11.1 Å². The minimum atomic E-state index is -0.486. The summed E-state index contributed by atoms with van der Waals surface area (Å²) in [6, 6.07) is 92.4. The van der Waals surface area contributed by atoms with Crippen LogP contribution in [0.5, 0.6) is 0 Å². The predicted octanol–water partition coefficient (Wildman–Crippen LogP) is 17.5. The van der Waals surface area contributed by atoms with Gasteiger partial charge < -0.3 is 4.90 Å². The van der Waals surface area contributed by atoms with E-state index in [1.54, 1.807) is 0 Å². The summed E-state index contributed by atoms with van der Waals surface area (Å²) in [5, 5.41) is 7.49. The molecule has 0 spiro atoms. The molecule has 0 unspecified atom stereocenters. The number of nitrogens with zero attached hydrogens (tertiary/aromatic N) is 1. The highest BCUT2D eigenvalue weighted by atomic mass is 32.1. The van der Waals surface area contributed by atoms with Crippen LogP contribution in [0.4, 0.5) is 17.1 Å². The van der Waals surface area contributed by atoms with E-state index < -0.39 is 5.41 Å². The Balaban J connectivity index is 1.07. The molecule has 1 aliphatic carbocycles. The maximum Gasteiger partial charge on any atom is 0.0713 e. The van der Waals surface area contributed by atoms with Crippen molar-refractivity contribution in [3.8, 4) is 33.4 Å². The fourth-order valence-electron chi connectivity index (χ4n) is 10.8. The van der Waals surface area contributed by atoms with E-state index in [1.165, 1.54) is 97.4 Å². The van der Waals surface area contributed by atoms with Crippen LogP contribution in [0.2, 0.25) is 0 Å². The first-order valence-electron chi connectivity index (χ1n) is 22.4. The van der Waals surface area contributed by atoms with E-state index in [1.807, 2.05) is 11.3 Å². The Labute approximate surface area is 382 Å². The number of anilines is 3. The van der Waals surface area contributed by atoms with Crippen molar-refractivity contribution in [2.24, 2.45) is 0 Å². The molecule has 0 amide bonds. The molecule has 0 radical (unpaired) electrons. The zero-order chi connectivity index (χ0) is 42.9. The number of fused-ring (bicyclic) bond motifs is 8. The van der Waals surface area contributed by atoms with Crippen molar-refractivity contribution in [2.45, 2.75) is 5.41 Å². The van der Waals surface area contributed by atoms with Crippen LogP contribution in [0, 0.1) is 0 Å². The molecule has 0 N–H and O–H groups in total. The van der Waals surface area contributed by atoms with Gasteiger partial charge in [0.15, 0.2) is 0 Å². The number of benzene rings is 11. The highest BCUT2D eigenvalue weighted by molar-refractivity contribution is 7.25. The maximum absolute atomic E-state index is 2.49. The molecule has 0 aliphatic heterocycles. The Hall–Kier alpha value is -8.04. The molecule has 1 aliphatic rings. The minimum absolute atomic E-state index is 0.486. The maximum atomic E-state index is 2.49.